The van der Waals surface area contributed by atoms with E-state index in [2.05, 4.69) is 15.0 Å². The summed E-state index contributed by atoms with van der Waals surface area (Å²) in [5, 5.41) is 20.8. The lowest BCUT2D eigenvalue weighted by atomic mass is 10.1. The lowest BCUT2D eigenvalue weighted by molar-refractivity contribution is -0.0414. The first kappa shape index (κ1) is 17.7. The van der Waals surface area contributed by atoms with Gasteiger partial charge in [0.15, 0.2) is 17.7 Å². The first-order valence-corrected chi connectivity index (χ1v) is 8.01. The van der Waals surface area contributed by atoms with Crippen molar-refractivity contribution in [1.82, 2.24) is 24.4 Å². The minimum atomic E-state index is -1.11. The number of ether oxygens (including phenoxy) is 1. The third-order valence-electron chi connectivity index (χ3n) is 4.21. The number of aromatic nitrogens is 4. The first-order chi connectivity index (χ1) is 12.0. The van der Waals surface area contributed by atoms with E-state index in [1.807, 2.05) is 24.1 Å². The molecule has 0 spiro atoms. The van der Waals surface area contributed by atoms with E-state index in [4.69, 9.17) is 16.2 Å². The molecule has 3 rings (SSSR count). The highest BCUT2D eigenvalue weighted by Gasteiger charge is 2.44. The van der Waals surface area contributed by atoms with Crippen molar-refractivity contribution in [2.45, 2.75) is 24.5 Å². The summed E-state index contributed by atoms with van der Waals surface area (Å²) >= 11 is 0. The monoisotopic (exact) mass is 349 g/mol. The predicted octanol–water partition coefficient (Wildman–Crippen LogP) is -1.53. The fourth-order valence-electron chi connectivity index (χ4n) is 2.90. The fourth-order valence-corrected chi connectivity index (χ4v) is 2.90. The van der Waals surface area contributed by atoms with Crippen LogP contribution in [0.1, 0.15) is 6.23 Å². The average molecular weight is 349 g/mol. The summed E-state index contributed by atoms with van der Waals surface area (Å²) < 4.78 is 7.45. The highest BCUT2D eigenvalue weighted by molar-refractivity contribution is 5.81. The number of imidazole rings is 1. The number of aliphatic hydroxyl groups is 2. The van der Waals surface area contributed by atoms with Crippen LogP contribution >= 0.6 is 0 Å². The number of aliphatic hydroxyl groups excluding tert-OH is 2. The van der Waals surface area contributed by atoms with Crippen LogP contribution in [0.25, 0.3) is 11.2 Å². The van der Waals surface area contributed by atoms with Crippen molar-refractivity contribution >= 4 is 17.0 Å². The van der Waals surface area contributed by atoms with Gasteiger partial charge in [-0.1, -0.05) is 12.2 Å². The van der Waals surface area contributed by atoms with Crippen LogP contribution in [0.5, 0.6) is 0 Å². The SMILES string of the molecule is CN(CC=CCN)C[C@H]1O[C@@H](n2cnc3c(N)ncnc32)C(O)[C@H]1O. The summed E-state index contributed by atoms with van der Waals surface area (Å²) in [4.78, 5) is 14.2. The van der Waals surface area contributed by atoms with Crippen LogP contribution < -0.4 is 11.5 Å². The van der Waals surface area contributed by atoms with Gasteiger partial charge in [-0.3, -0.25) is 4.57 Å². The summed E-state index contributed by atoms with van der Waals surface area (Å²) in [6.45, 7) is 1.60. The van der Waals surface area contributed by atoms with Crippen LogP contribution in [0, 0.1) is 0 Å². The highest BCUT2D eigenvalue weighted by Crippen LogP contribution is 2.32. The van der Waals surface area contributed by atoms with E-state index in [1.54, 1.807) is 4.57 Å². The standard InChI is InChI=1S/C15H23N7O3/c1-21(5-3-2-4-16)6-9-11(23)12(24)15(25-9)22-8-20-10-13(17)18-7-19-14(10)22/h2-3,7-9,11-12,15,23-24H,4-6,16H2,1H3,(H2,17,18,19)/t9-,11+,12?,15-/m1/s1. The molecule has 3 heterocycles. The average Bonchev–Trinajstić information content (AvgIpc) is 3.13. The minimum absolute atomic E-state index is 0.250. The number of rotatable bonds is 6. The van der Waals surface area contributed by atoms with Crippen LogP contribution in [-0.4, -0.2) is 79.6 Å². The van der Waals surface area contributed by atoms with E-state index in [9.17, 15) is 10.2 Å². The maximum Gasteiger partial charge on any atom is 0.167 e. The molecule has 1 aliphatic rings. The Morgan fingerprint density at radius 3 is 2.84 bits per heavy atom. The van der Waals surface area contributed by atoms with Crippen LogP contribution in [0.2, 0.25) is 0 Å². The van der Waals surface area contributed by atoms with E-state index in [-0.39, 0.29) is 5.82 Å². The van der Waals surface area contributed by atoms with Gasteiger partial charge in [-0.25, -0.2) is 15.0 Å². The molecule has 6 N–H and O–H groups in total. The largest absolute Gasteiger partial charge is 0.387 e. The number of fused-ring (bicyclic) bond motifs is 1. The third-order valence-corrected chi connectivity index (χ3v) is 4.21. The Balaban J connectivity index is 1.75. The van der Waals surface area contributed by atoms with Gasteiger partial charge in [0.25, 0.3) is 0 Å². The van der Waals surface area contributed by atoms with Gasteiger partial charge >= 0.3 is 0 Å². The molecule has 0 amide bonds. The van der Waals surface area contributed by atoms with Crippen LogP contribution in [0.3, 0.4) is 0 Å². The number of hydrogen-bond donors (Lipinski definition) is 4. The number of hydrogen-bond acceptors (Lipinski definition) is 9. The molecule has 1 fully saturated rings. The van der Waals surface area contributed by atoms with Crippen LogP contribution in [-0.2, 0) is 4.74 Å². The number of nitrogens with zero attached hydrogens (tertiary/aromatic N) is 5. The second-order valence-corrected chi connectivity index (χ2v) is 6.06. The van der Waals surface area contributed by atoms with Crippen molar-refractivity contribution in [3.05, 3.63) is 24.8 Å². The molecule has 0 bridgehead atoms. The number of nitrogens with two attached hydrogens (primary N) is 2. The molecular weight excluding hydrogens is 326 g/mol. The molecule has 2 aromatic heterocycles. The van der Waals surface area contributed by atoms with Gasteiger partial charge < -0.3 is 31.3 Å². The Morgan fingerprint density at radius 2 is 2.08 bits per heavy atom. The smallest absolute Gasteiger partial charge is 0.167 e. The quantitative estimate of drug-likeness (QED) is 0.456. The van der Waals surface area contributed by atoms with E-state index in [0.29, 0.717) is 30.8 Å². The Bertz CT molecular complexity index is 750. The Morgan fingerprint density at radius 1 is 1.28 bits per heavy atom. The second-order valence-electron chi connectivity index (χ2n) is 6.06. The van der Waals surface area contributed by atoms with Crippen molar-refractivity contribution in [3.8, 4) is 0 Å². The highest BCUT2D eigenvalue weighted by atomic mass is 16.6. The van der Waals surface area contributed by atoms with Crippen LogP contribution in [0.15, 0.2) is 24.8 Å². The zero-order valence-electron chi connectivity index (χ0n) is 13.9. The summed E-state index contributed by atoms with van der Waals surface area (Å²) in [5.41, 5.74) is 12.1. The predicted molar refractivity (Wildman–Crippen MR) is 91.4 cm³/mol. The molecule has 25 heavy (non-hydrogen) atoms. The molecule has 1 aliphatic heterocycles. The summed E-state index contributed by atoms with van der Waals surface area (Å²) in [6, 6.07) is 0. The number of nitrogen functional groups attached to an aromatic ring is 1. The molecule has 2 aromatic rings. The van der Waals surface area contributed by atoms with Gasteiger partial charge in [0.1, 0.15) is 30.2 Å². The van der Waals surface area contributed by atoms with Gasteiger partial charge in [0, 0.05) is 19.6 Å². The van der Waals surface area contributed by atoms with Gasteiger partial charge in [0.2, 0.25) is 0 Å². The van der Waals surface area contributed by atoms with E-state index in [0.717, 1.165) is 0 Å². The maximum atomic E-state index is 10.4. The molecule has 10 nitrogen and oxygen atoms in total. The summed E-state index contributed by atoms with van der Waals surface area (Å²) in [6.07, 6.45) is 3.13. The van der Waals surface area contributed by atoms with E-state index < -0.39 is 24.5 Å². The molecule has 0 aromatic carbocycles. The van der Waals surface area contributed by atoms with Crippen molar-refractivity contribution in [3.63, 3.8) is 0 Å². The summed E-state index contributed by atoms with van der Waals surface area (Å²) in [5.74, 6) is 0.250. The molecule has 0 saturated carbocycles. The van der Waals surface area contributed by atoms with Gasteiger partial charge in [-0.15, -0.1) is 0 Å². The fraction of sp³-hybridized carbons (Fsp3) is 0.533. The lowest BCUT2D eigenvalue weighted by Gasteiger charge is -2.21. The van der Waals surface area contributed by atoms with Crippen molar-refractivity contribution in [2.75, 3.05) is 32.4 Å². The molecule has 10 heteroatoms. The Hall–Kier alpha value is -2.11. The van der Waals surface area contributed by atoms with Crippen molar-refractivity contribution in [1.29, 1.82) is 0 Å². The first-order valence-electron chi connectivity index (χ1n) is 8.01. The topological polar surface area (TPSA) is 149 Å². The maximum absolute atomic E-state index is 10.4. The number of anilines is 1. The lowest BCUT2D eigenvalue weighted by Crippen LogP contribution is -2.38. The molecule has 136 valence electrons. The van der Waals surface area contributed by atoms with Crippen LogP contribution in [0.4, 0.5) is 5.82 Å². The molecule has 4 atom stereocenters. The molecule has 0 radical (unpaired) electrons. The second kappa shape index (κ2) is 7.42. The molecule has 0 aliphatic carbocycles. The Kier molecular flexibility index (Phi) is 5.25. The van der Waals surface area contributed by atoms with E-state index >= 15 is 0 Å². The van der Waals surface area contributed by atoms with Crippen molar-refractivity contribution in [2.24, 2.45) is 5.73 Å². The zero-order valence-corrected chi connectivity index (χ0v) is 13.9. The molecule has 1 saturated heterocycles. The Labute approximate surface area is 144 Å². The molecular formula is C15H23N7O3. The number of likely N-dealkylation sites (N-methyl/N-ethyl adjacent to an activating group) is 1. The van der Waals surface area contributed by atoms with Gasteiger partial charge in [0.05, 0.1) is 6.33 Å². The normalized spacial score (nSPS) is 27.1. The van der Waals surface area contributed by atoms with E-state index in [1.165, 1.54) is 12.7 Å². The van der Waals surface area contributed by atoms with Crippen molar-refractivity contribution < 1.29 is 14.9 Å². The molecule has 1 unspecified atom stereocenters. The summed E-state index contributed by atoms with van der Waals surface area (Å²) in [7, 11) is 1.90. The minimum Gasteiger partial charge on any atom is -0.387 e. The third kappa shape index (κ3) is 3.48. The van der Waals surface area contributed by atoms with Gasteiger partial charge in [-0.05, 0) is 7.05 Å². The van der Waals surface area contributed by atoms with Gasteiger partial charge in [-0.2, -0.15) is 0 Å². The zero-order chi connectivity index (χ0) is 18.0.